The maximum Gasteiger partial charge on any atom is 0.162 e. The van der Waals surface area contributed by atoms with E-state index in [2.05, 4.69) is 0 Å². The third kappa shape index (κ3) is 3.73. The van der Waals surface area contributed by atoms with Crippen molar-refractivity contribution >= 4 is 0 Å². The fourth-order valence-corrected chi connectivity index (χ4v) is 2.01. The summed E-state index contributed by atoms with van der Waals surface area (Å²) in [5, 5.41) is 9.46. The molecule has 2 rings (SSSR count). The van der Waals surface area contributed by atoms with E-state index in [0.717, 1.165) is 5.56 Å². The molecule has 0 aliphatic rings. The Kier molecular flexibility index (Phi) is 4.98. The average Bonchev–Trinajstić information content (AvgIpc) is 2.47. The Labute approximate surface area is 118 Å². The number of hydrogen-bond acceptors (Lipinski definition) is 4. The molecule has 4 nitrogen and oxygen atoms in total. The number of para-hydroxylation sites is 2. The molecule has 0 aromatic heterocycles. The molecule has 3 N–H and O–H groups in total. The van der Waals surface area contributed by atoms with Crippen molar-refractivity contribution in [3.63, 3.8) is 0 Å². The van der Waals surface area contributed by atoms with Crippen LogP contribution >= 0.6 is 0 Å². The highest BCUT2D eigenvalue weighted by atomic mass is 16.5. The molecule has 0 aliphatic carbocycles. The summed E-state index contributed by atoms with van der Waals surface area (Å²) in [7, 11) is 1.59. The van der Waals surface area contributed by atoms with Crippen LogP contribution in [0, 0.1) is 0 Å². The highest BCUT2D eigenvalue weighted by Gasteiger charge is 2.17. The van der Waals surface area contributed by atoms with Crippen molar-refractivity contribution in [3.8, 4) is 11.5 Å². The zero-order chi connectivity index (χ0) is 14.4. The van der Waals surface area contributed by atoms with Crippen LogP contribution in [0.15, 0.2) is 54.6 Å². The van der Waals surface area contributed by atoms with Gasteiger partial charge in [0, 0.05) is 6.42 Å². The topological polar surface area (TPSA) is 64.7 Å². The van der Waals surface area contributed by atoms with Gasteiger partial charge in [-0.3, -0.25) is 0 Å². The van der Waals surface area contributed by atoms with Crippen LogP contribution in [0.4, 0.5) is 0 Å². The Morgan fingerprint density at radius 2 is 1.60 bits per heavy atom. The van der Waals surface area contributed by atoms with Crippen molar-refractivity contribution in [1.82, 2.24) is 0 Å². The Balaban J connectivity index is 2.24. The van der Waals surface area contributed by atoms with Crippen LogP contribution in [0.1, 0.15) is 18.1 Å². The van der Waals surface area contributed by atoms with E-state index < -0.39 is 6.23 Å². The van der Waals surface area contributed by atoms with Gasteiger partial charge in [0.1, 0.15) is 12.3 Å². The summed E-state index contributed by atoms with van der Waals surface area (Å²) in [5.74, 6) is 1.28. The Morgan fingerprint density at radius 1 is 1.00 bits per heavy atom. The van der Waals surface area contributed by atoms with Crippen molar-refractivity contribution in [1.29, 1.82) is 0 Å². The zero-order valence-electron chi connectivity index (χ0n) is 11.4. The number of benzene rings is 2. The number of aliphatic hydroxyl groups is 1. The summed E-state index contributed by atoms with van der Waals surface area (Å²) in [6.07, 6.45) is -0.954. The second-order valence-corrected chi connectivity index (χ2v) is 4.47. The molecular formula is C16H19NO3. The van der Waals surface area contributed by atoms with Crippen molar-refractivity contribution in [3.05, 3.63) is 60.2 Å². The Morgan fingerprint density at radius 3 is 2.20 bits per heavy atom. The highest BCUT2D eigenvalue weighted by Crippen LogP contribution is 2.32. The van der Waals surface area contributed by atoms with Gasteiger partial charge in [-0.15, -0.1) is 0 Å². The quantitative estimate of drug-likeness (QED) is 0.794. The van der Waals surface area contributed by atoms with Gasteiger partial charge in [0.2, 0.25) is 0 Å². The van der Waals surface area contributed by atoms with Crippen LogP contribution in [0.25, 0.3) is 0 Å². The largest absolute Gasteiger partial charge is 0.493 e. The van der Waals surface area contributed by atoms with Crippen LogP contribution in [0.3, 0.4) is 0 Å². The SMILES string of the molecule is COc1ccccc1OC(CC(N)O)c1ccccc1. The first kappa shape index (κ1) is 14.4. The van der Waals surface area contributed by atoms with Gasteiger partial charge in [0.25, 0.3) is 0 Å². The van der Waals surface area contributed by atoms with E-state index in [1.54, 1.807) is 7.11 Å². The van der Waals surface area contributed by atoms with Gasteiger partial charge in [-0.05, 0) is 17.7 Å². The van der Waals surface area contributed by atoms with Gasteiger partial charge in [-0.1, -0.05) is 42.5 Å². The zero-order valence-corrected chi connectivity index (χ0v) is 11.4. The third-order valence-electron chi connectivity index (χ3n) is 2.97. The van der Waals surface area contributed by atoms with E-state index in [9.17, 15) is 5.11 Å². The first-order chi connectivity index (χ1) is 9.70. The number of nitrogens with two attached hydrogens (primary N) is 1. The number of ether oxygens (including phenoxy) is 2. The van der Waals surface area contributed by atoms with Gasteiger partial charge in [-0.2, -0.15) is 0 Å². The van der Waals surface area contributed by atoms with Gasteiger partial charge in [0.05, 0.1) is 7.11 Å². The maximum absolute atomic E-state index is 9.46. The smallest absolute Gasteiger partial charge is 0.162 e. The fraction of sp³-hybridized carbons (Fsp3) is 0.250. The van der Waals surface area contributed by atoms with Gasteiger partial charge < -0.3 is 20.3 Å². The highest BCUT2D eigenvalue weighted by molar-refractivity contribution is 5.40. The van der Waals surface area contributed by atoms with E-state index in [1.165, 1.54) is 0 Å². The lowest BCUT2D eigenvalue weighted by Gasteiger charge is -2.22. The number of hydrogen-bond donors (Lipinski definition) is 2. The summed E-state index contributed by atoms with van der Waals surface area (Å²) < 4.78 is 11.2. The molecule has 0 amide bonds. The lowest BCUT2D eigenvalue weighted by atomic mass is 10.1. The molecule has 0 radical (unpaired) electrons. The number of aliphatic hydroxyl groups excluding tert-OH is 1. The molecule has 0 spiro atoms. The molecule has 0 heterocycles. The predicted octanol–water partition coefficient (Wildman–Crippen LogP) is 2.48. The first-order valence-electron chi connectivity index (χ1n) is 6.49. The van der Waals surface area contributed by atoms with Crippen LogP contribution in [0.5, 0.6) is 11.5 Å². The summed E-state index contributed by atoms with van der Waals surface area (Å²) in [6, 6.07) is 17.1. The summed E-state index contributed by atoms with van der Waals surface area (Å²) in [5.41, 5.74) is 6.46. The Hall–Kier alpha value is -2.04. The fourth-order valence-electron chi connectivity index (χ4n) is 2.01. The van der Waals surface area contributed by atoms with Gasteiger partial charge in [-0.25, -0.2) is 0 Å². The second kappa shape index (κ2) is 6.93. The van der Waals surface area contributed by atoms with Crippen molar-refractivity contribution in [2.75, 3.05) is 7.11 Å². The molecule has 4 heteroatoms. The standard InChI is InChI=1S/C16H19NO3/c1-19-13-9-5-6-10-14(13)20-15(11-16(17)18)12-7-3-2-4-8-12/h2-10,15-16,18H,11,17H2,1H3. The van der Waals surface area contributed by atoms with Gasteiger partial charge in [0.15, 0.2) is 11.5 Å². The molecule has 0 saturated heterocycles. The number of rotatable bonds is 6. The summed E-state index contributed by atoms with van der Waals surface area (Å²) >= 11 is 0. The van der Waals surface area contributed by atoms with E-state index >= 15 is 0 Å². The van der Waals surface area contributed by atoms with Crippen molar-refractivity contribution in [2.24, 2.45) is 5.73 Å². The molecule has 2 aromatic rings. The van der Waals surface area contributed by atoms with Crippen molar-refractivity contribution < 1.29 is 14.6 Å². The molecule has 106 valence electrons. The summed E-state index contributed by atoms with van der Waals surface area (Å²) in [6.45, 7) is 0. The first-order valence-corrected chi connectivity index (χ1v) is 6.49. The van der Waals surface area contributed by atoms with Crippen LogP contribution < -0.4 is 15.2 Å². The van der Waals surface area contributed by atoms with E-state index in [1.807, 2.05) is 54.6 Å². The molecule has 0 bridgehead atoms. The molecule has 0 aliphatic heterocycles. The minimum Gasteiger partial charge on any atom is -0.493 e. The third-order valence-corrected chi connectivity index (χ3v) is 2.97. The van der Waals surface area contributed by atoms with E-state index in [4.69, 9.17) is 15.2 Å². The van der Waals surface area contributed by atoms with Crippen LogP contribution in [-0.4, -0.2) is 18.4 Å². The molecule has 2 aromatic carbocycles. The molecule has 2 unspecified atom stereocenters. The van der Waals surface area contributed by atoms with E-state index in [-0.39, 0.29) is 6.10 Å². The minimum absolute atomic E-state index is 0.308. The van der Waals surface area contributed by atoms with Crippen LogP contribution in [-0.2, 0) is 0 Å². The van der Waals surface area contributed by atoms with Crippen molar-refractivity contribution in [2.45, 2.75) is 18.8 Å². The second-order valence-electron chi connectivity index (χ2n) is 4.47. The molecular weight excluding hydrogens is 254 g/mol. The molecule has 20 heavy (non-hydrogen) atoms. The lowest BCUT2D eigenvalue weighted by Crippen LogP contribution is -2.24. The van der Waals surface area contributed by atoms with Crippen LogP contribution in [0.2, 0.25) is 0 Å². The maximum atomic E-state index is 9.46. The predicted molar refractivity (Wildman–Crippen MR) is 77.6 cm³/mol. The minimum atomic E-state index is -0.935. The molecule has 0 fully saturated rings. The monoisotopic (exact) mass is 273 g/mol. The van der Waals surface area contributed by atoms with Gasteiger partial charge >= 0.3 is 0 Å². The lowest BCUT2D eigenvalue weighted by molar-refractivity contribution is 0.0965. The normalized spacial score (nSPS) is 13.6. The van der Waals surface area contributed by atoms with E-state index in [0.29, 0.717) is 17.9 Å². The molecule has 0 saturated carbocycles. The molecule has 2 atom stereocenters. The average molecular weight is 273 g/mol. The Bertz CT molecular complexity index is 528. The summed E-state index contributed by atoms with van der Waals surface area (Å²) in [4.78, 5) is 0. The number of methoxy groups -OCH3 is 1.